The summed E-state index contributed by atoms with van der Waals surface area (Å²) in [6, 6.07) is 51.6. The molecule has 1 aliphatic heterocycles. The van der Waals surface area contributed by atoms with Gasteiger partial charge in [-0.15, -0.1) is 0 Å². The molecule has 7 aromatic rings. The first-order valence-electron chi connectivity index (χ1n) is 17.1. The Bertz CT molecular complexity index is 2240. The van der Waals surface area contributed by atoms with Crippen molar-refractivity contribution in [2.45, 2.75) is 32.1 Å². The van der Waals surface area contributed by atoms with Gasteiger partial charge in [0.15, 0.2) is 5.82 Å². The smallest absolute Gasteiger partial charge is 0.162 e. The van der Waals surface area contributed by atoms with Gasteiger partial charge in [0, 0.05) is 28.2 Å². The minimum absolute atomic E-state index is 0.177. The van der Waals surface area contributed by atoms with E-state index in [0.717, 1.165) is 47.0 Å². The fourth-order valence-corrected chi connectivity index (χ4v) is 7.75. The van der Waals surface area contributed by atoms with Crippen LogP contribution in [0.25, 0.3) is 45.7 Å². The molecule has 0 saturated carbocycles. The molecule has 0 bridgehead atoms. The summed E-state index contributed by atoms with van der Waals surface area (Å²) in [6.07, 6.45) is 6.54. The highest BCUT2D eigenvalue weighted by Gasteiger charge is 2.40. The first kappa shape index (κ1) is 29.2. The first-order valence-corrected chi connectivity index (χ1v) is 17.1. The van der Waals surface area contributed by atoms with Crippen LogP contribution in [-0.2, 0) is 11.8 Å². The second-order valence-electron chi connectivity index (χ2n) is 13.4. The van der Waals surface area contributed by atoms with Crippen LogP contribution in [0.2, 0.25) is 0 Å². The molecule has 1 aliphatic carbocycles. The zero-order valence-corrected chi connectivity index (χ0v) is 27.7. The molecule has 2 aliphatic rings. The van der Waals surface area contributed by atoms with Gasteiger partial charge in [0.05, 0.1) is 22.8 Å². The predicted octanol–water partition coefficient (Wildman–Crippen LogP) is 11.3. The highest BCUT2D eigenvalue weighted by molar-refractivity contribution is 5.95. The molecule has 0 unspecified atom stereocenters. The lowest BCUT2D eigenvalue weighted by Gasteiger charge is -2.42. The van der Waals surface area contributed by atoms with E-state index in [9.17, 15) is 0 Å². The van der Waals surface area contributed by atoms with E-state index in [-0.39, 0.29) is 5.41 Å². The van der Waals surface area contributed by atoms with Crippen LogP contribution in [0.1, 0.15) is 42.7 Å². The van der Waals surface area contributed by atoms with Crippen molar-refractivity contribution >= 4 is 23.3 Å². The molecule has 0 atom stereocenters. The van der Waals surface area contributed by atoms with Crippen molar-refractivity contribution in [1.29, 1.82) is 0 Å². The zero-order chi connectivity index (χ0) is 33.0. The van der Waals surface area contributed by atoms with Gasteiger partial charge in [0.25, 0.3) is 0 Å². The average molecular weight is 633 g/mol. The fraction of sp³-hybridized carbons (Fsp3) is 0.111. The van der Waals surface area contributed by atoms with Crippen molar-refractivity contribution < 1.29 is 0 Å². The highest BCUT2D eigenvalue weighted by Crippen LogP contribution is 2.55. The van der Waals surface area contributed by atoms with Gasteiger partial charge in [-0.2, -0.15) is 0 Å². The van der Waals surface area contributed by atoms with Gasteiger partial charge in [0.2, 0.25) is 0 Å². The van der Waals surface area contributed by atoms with Crippen LogP contribution >= 0.6 is 0 Å². The zero-order valence-electron chi connectivity index (χ0n) is 27.7. The molecule has 0 fully saturated rings. The van der Waals surface area contributed by atoms with E-state index < -0.39 is 0 Å². The molecular weight excluding hydrogens is 597 g/mol. The normalized spacial score (nSPS) is 14.2. The lowest BCUT2D eigenvalue weighted by atomic mass is 9.73. The van der Waals surface area contributed by atoms with E-state index in [1.807, 2.05) is 12.1 Å². The Kier molecular flexibility index (Phi) is 6.91. The maximum atomic E-state index is 5.40. The van der Waals surface area contributed by atoms with Crippen molar-refractivity contribution in [3.63, 3.8) is 0 Å². The Morgan fingerprint density at radius 1 is 0.592 bits per heavy atom. The van der Waals surface area contributed by atoms with E-state index in [1.165, 1.54) is 39.2 Å². The topological polar surface area (TPSA) is 34.0 Å². The third-order valence-electron chi connectivity index (χ3n) is 10.1. The Labute approximate surface area is 287 Å². The second-order valence-corrected chi connectivity index (χ2v) is 13.4. The number of benzene rings is 5. The van der Waals surface area contributed by atoms with Crippen LogP contribution in [0.4, 0.5) is 17.2 Å². The van der Waals surface area contributed by atoms with Crippen LogP contribution in [0.15, 0.2) is 152 Å². The molecule has 49 heavy (non-hydrogen) atoms. The highest BCUT2D eigenvalue weighted by atomic mass is 15.3. The number of hydrogen-bond acceptors (Lipinski definition) is 3. The van der Waals surface area contributed by atoms with E-state index in [1.54, 1.807) is 0 Å². The standard InChI is InChI=1S/C45H36N4/c1-45(2)35-25-13-16-28-39(35)48(40-29-17-14-26-36(40)45)44-42(32-20-8-4-9-21-32)34-24-12-15-27-38(34)49(44)41-30-37(31-18-6-3-7-19-31)46-43(47-41)33-22-10-5-11-23-33/h3-11,13-23,25-30H,12,24H2,1-2H3. The van der Waals surface area contributed by atoms with Gasteiger partial charge in [-0.3, -0.25) is 9.47 Å². The van der Waals surface area contributed by atoms with Crippen molar-refractivity contribution in [1.82, 2.24) is 14.5 Å². The summed E-state index contributed by atoms with van der Waals surface area (Å²) in [7, 11) is 0. The minimum atomic E-state index is -0.177. The van der Waals surface area contributed by atoms with E-state index in [4.69, 9.17) is 9.97 Å². The number of para-hydroxylation sites is 2. The Balaban J connectivity index is 1.43. The van der Waals surface area contributed by atoms with Crippen LogP contribution in [0.3, 0.4) is 0 Å². The van der Waals surface area contributed by atoms with Gasteiger partial charge >= 0.3 is 0 Å². The van der Waals surface area contributed by atoms with Gasteiger partial charge < -0.3 is 0 Å². The molecule has 0 radical (unpaired) electrons. The SMILES string of the molecule is CC1(C)c2ccccc2N(c2c(-c3ccccc3)c3c(n2-c2cc(-c4ccccc4)nc(-c4ccccc4)n2)C=CCC3)c2ccccc21. The Morgan fingerprint density at radius 2 is 1.14 bits per heavy atom. The number of anilines is 3. The molecule has 2 aromatic heterocycles. The van der Waals surface area contributed by atoms with Gasteiger partial charge in [-0.25, -0.2) is 9.97 Å². The average Bonchev–Trinajstić information content (AvgIpc) is 3.51. The van der Waals surface area contributed by atoms with Crippen LogP contribution in [0, 0.1) is 0 Å². The predicted molar refractivity (Wildman–Crippen MR) is 202 cm³/mol. The van der Waals surface area contributed by atoms with Crippen LogP contribution in [-0.4, -0.2) is 14.5 Å². The van der Waals surface area contributed by atoms with Crippen molar-refractivity contribution in [2.24, 2.45) is 0 Å². The minimum Gasteiger partial charge on any atom is -0.295 e. The van der Waals surface area contributed by atoms with E-state index in [0.29, 0.717) is 5.82 Å². The molecule has 4 nitrogen and oxygen atoms in total. The molecule has 0 spiro atoms. The Hall–Kier alpha value is -6.00. The van der Waals surface area contributed by atoms with Crippen LogP contribution in [0.5, 0.6) is 0 Å². The molecule has 3 heterocycles. The summed E-state index contributed by atoms with van der Waals surface area (Å²) in [5, 5.41) is 0. The maximum absolute atomic E-state index is 5.40. The molecule has 5 aromatic carbocycles. The van der Waals surface area contributed by atoms with Crippen molar-refractivity contribution in [2.75, 3.05) is 4.90 Å². The largest absolute Gasteiger partial charge is 0.295 e. The van der Waals surface area contributed by atoms with E-state index in [2.05, 4.69) is 169 Å². The summed E-state index contributed by atoms with van der Waals surface area (Å²) >= 11 is 0. The number of aromatic nitrogens is 3. The molecule has 9 rings (SSSR count). The van der Waals surface area contributed by atoms with Gasteiger partial charge in [-0.1, -0.05) is 147 Å². The summed E-state index contributed by atoms with van der Waals surface area (Å²) in [4.78, 5) is 13.1. The van der Waals surface area contributed by atoms with Gasteiger partial charge in [0.1, 0.15) is 11.6 Å². The molecule has 236 valence electrons. The number of rotatable bonds is 5. The lowest BCUT2D eigenvalue weighted by molar-refractivity contribution is 0.631. The van der Waals surface area contributed by atoms with Gasteiger partial charge in [-0.05, 0) is 53.3 Å². The molecular formula is C45H36N4. The first-order chi connectivity index (χ1) is 24.1. The summed E-state index contributed by atoms with van der Waals surface area (Å²) < 4.78 is 2.40. The number of hydrogen-bond donors (Lipinski definition) is 0. The Morgan fingerprint density at radius 3 is 1.78 bits per heavy atom. The number of fused-ring (bicyclic) bond motifs is 3. The summed E-state index contributed by atoms with van der Waals surface area (Å²) in [5.74, 6) is 2.63. The summed E-state index contributed by atoms with van der Waals surface area (Å²) in [5.41, 5.74) is 12.7. The van der Waals surface area contributed by atoms with Crippen molar-refractivity contribution in [3.8, 4) is 39.6 Å². The van der Waals surface area contributed by atoms with E-state index >= 15 is 0 Å². The fourth-order valence-electron chi connectivity index (χ4n) is 7.75. The third kappa shape index (κ3) is 4.75. The summed E-state index contributed by atoms with van der Waals surface area (Å²) in [6.45, 7) is 4.69. The number of nitrogens with zero attached hydrogens (tertiary/aromatic N) is 4. The molecule has 0 N–H and O–H groups in total. The second kappa shape index (κ2) is 11.6. The number of allylic oxidation sites excluding steroid dienone is 1. The lowest BCUT2D eigenvalue weighted by Crippen LogP contribution is -2.31. The monoisotopic (exact) mass is 632 g/mol. The van der Waals surface area contributed by atoms with Crippen molar-refractivity contribution in [3.05, 3.63) is 174 Å². The third-order valence-corrected chi connectivity index (χ3v) is 10.1. The quantitative estimate of drug-likeness (QED) is 0.189. The molecule has 4 heteroatoms. The molecule has 0 amide bonds. The maximum Gasteiger partial charge on any atom is 0.162 e. The van der Waals surface area contributed by atoms with Crippen LogP contribution < -0.4 is 4.90 Å². The molecule has 0 saturated heterocycles.